The van der Waals surface area contributed by atoms with Crippen LogP contribution in [0.25, 0.3) is 10.2 Å². The van der Waals surface area contributed by atoms with Crippen molar-refractivity contribution in [3.63, 3.8) is 0 Å². The molecule has 0 unspecified atom stereocenters. The van der Waals surface area contributed by atoms with E-state index < -0.39 is 0 Å². The maximum Gasteiger partial charge on any atom is 0.138 e. The summed E-state index contributed by atoms with van der Waals surface area (Å²) < 4.78 is 0. The second kappa shape index (κ2) is 5.20. The third-order valence-corrected chi connectivity index (χ3v) is 4.43. The molecule has 1 aliphatic rings. The summed E-state index contributed by atoms with van der Waals surface area (Å²) in [6, 6.07) is 2.17. The van der Waals surface area contributed by atoms with Gasteiger partial charge in [0.05, 0.1) is 5.39 Å². The quantitative estimate of drug-likeness (QED) is 0.892. The van der Waals surface area contributed by atoms with E-state index in [2.05, 4.69) is 33.6 Å². The Balaban J connectivity index is 1.73. The van der Waals surface area contributed by atoms with E-state index in [0.29, 0.717) is 0 Å². The van der Waals surface area contributed by atoms with E-state index >= 15 is 0 Å². The smallest absolute Gasteiger partial charge is 0.138 e. The van der Waals surface area contributed by atoms with Crippen LogP contribution in [0, 0.1) is 12.8 Å². The van der Waals surface area contributed by atoms with E-state index in [1.54, 1.807) is 17.7 Å². The molecule has 18 heavy (non-hydrogen) atoms. The average Bonchev–Trinajstić information content (AvgIpc) is 2.78. The molecule has 0 aliphatic carbocycles. The van der Waals surface area contributed by atoms with E-state index in [4.69, 9.17) is 0 Å². The van der Waals surface area contributed by atoms with Crippen LogP contribution in [0.1, 0.15) is 17.7 Å². The average molecular weight is 262 g/mol. The minimum absolute atomic E-state index is 0.760. The van der Waals surface area contributed by atoms with Crippen LogP contribution < -0.4 is 10.6 Å². The minimum Gasteiger partial charge on any atom is -0.369 e. The zero-order chi connectivity index (χ0) is 12.4. The molecule has 4 nitrogen and oxygen atoms in total. The van der Waals surface area contributed by atoms with Gasteiger partial charge in [-0.05, 0) is 44.8 Å². The molecule has 2 N–H and O–H groups in total. The third kappa shape index (κ3) is 2.47. The summed E-state index contributed by atoms with van der Waals surface area (Å²) in [7, 11) is 0. The highest BCUT2D eigenvalue weighted by Crippen LogP contribution is 2.27. The standard InChI is InChI=1S/C13H18N4S/c1-9-6-11-12(16-8-17-13(11)18-9)15-7-10-2-4-14-5-3-10/h6,8,10,14H,2-5,7H2,1H3,(H,15,16,17). The first kappa shape index (κ1) is 11.9. The molecule has 3 heterocycles. The molecule has 3 rings (SSSR count). The SMILES string of the molecule is Cc1cc2c(NCC3CCNCC3)ncnc2s1. The Morgan fingerprint density at radius 3 is 3.06 bits per heavy atom. The Bertz CT molecular complexity index is 531. The molecule has 0 amide bonds. The van der Waals surface area contributed by atoms with Crippen molar-refractivity contribution in [2.75, 3.05) is 25.0 Å². The predicted molar refractivity (Wildman–Crippen MR) is 76.2 cm³/mol. The zero-order valence-corrected chi connectivity index (χ0v) is 11.4. The van der Waals surface area contributed by atoms with E-state index in [9.17, 15) is 0 Å². The van der Waals surface area contributed by atoms with Gasteiger partial charge in [-0.2, -0.15) is 0 Å². The molecule has 0 spiro atoms. The maximum atomic E-state index is 4.37. The van der Waals surface area contributed by atoms with E-state index in [1.807, 2.05) is 0 Å². The minimum atomic E-state index is 0.760. The topological polar surface area (TPSA) is 49.8 Å². The lowest BCUT2D eigenvalue weighted by molar-refractivity contribution is 0.389. The van der Waals surface area contributed by atoms with Crippen LogP contribution in [-0.2, 0) is 0 Å². The summed E-state index contributed by atoms with van der Waals surface area (Å²) in [6.07, 6.45) is 4.16. The highest BCUT2D eigenvalue weighted by Gasteiger charge is 2.14. The molecule has 2 aromatic rings. The zero-order valence-electron chi connectivity index (χ0n) is 10.6. The van der Waals surface area contributed by atoms with Crippen molar-refractivity contribution in [2.45, 2.75) is 19.8 Å². The van der Waals surface area contributed by atoms with Gasteiger partial charge in [0, 0.05) is 11.4 Å². The van der Waals surface area contributed by atoms with Crippen molar-refractivity contribution >= 4 is 27.4 Å². The molecule has 5 heteroatoms. The maximum absolute atomic E-state index is 4.37. The first-order valence-corrected chi connectivity index (χ1v) is 7.30. The van der Waals surface area contributed by atoms with Gasteiger partial charge in [-0.25, -0.2) is 9.97 Å². The van der Waals surface area contributed by atoms with Gasteiger partial charge < -0.3 is 10.6 Å². The number of aryl methyl sites for hydroxylation is 1. The lowest BCUT2D eigenvalue weighted by Crippen LogP contribution is -2.31. The van der Waals surface area contributed by atoms with Gasteiger partial charge in [0.1, 0.15) is 17.0 Å². The van der Waals surface area contributed by atoms with Crippen LogP contribution in [0.4, 0.5) is 5.82 Å². The van der Waals surface area contributed by atoms with E-state index in [0.717, 1.165) is 41.6 Å². The fourth-order valence-corrected chi connectivity index (χ4v) is 3.29. The number of anilines is 1. The van der Waals surface area contributed by atoms with E-state index in [-0.39, 0.29) is 0 Å². The Morgan fingerprint density at radius 2 is 2.22 bits per heavy atom. The van der Waals surface area contributed by atoms with Crippen molar-refractivity contribution < 1.29 is 0 Å². The number of rotatable bonds is 3. The number of hydrogen-bond donors (Lipinski definition) is 2. The van der Waals surface area contributed by atoms with Gasteiger partial charge >= 0.3 is 0 Å². The fourth-order valence-electron chi connectivity index (χ4n) is 2.44. The van der Waals surface area contributed by atoms with Gasteiger partial charge in [0.2, 0.25) is 0 Å². The van der Waals surface area contributed by atoms with Crippen LogP contribution in [-0.4, -0.2) is 29.6 Å². The van der Waals surface area contributed by atoms with Crippen LogP contribution in [0.2, 0.25) is 0 Å². The number of piperidine rings is 1. The van der Waals surface area contributed by atoms with Crippen LogP contribution in [0.3, 0.4) is 0 Å². The first-order chi connectivity index (χ1) is 8.83. The second-order valence-electron chi connectivity index (χ2n) is 4.87. The number of nitrogens with zero attached hydrogens (tertiary/aromatic N) is 2. The van der Waals surface area contributed by atoms with Crippen molar-refractivity contribution in [2.24, 2.45) is 5.92 Å². The Kier molecular flexibility index (Phi) is 3.43. The molecule has 96 valence electrons. The molecule has 1 saturated heterocycles. The van der Waals surface area contributed by atoms with E-state index in [1.165, 1.54) is 17.7 Å². The molecule has 0 radical (unpaired) electrons. The summed E-state index contributed by atoms with van der Waals surface area (Å²) >= 11 is 1.73. The number of nitrogens with one attached hydrogen (secondary N) is 2. The molecular formula is C13H18N4S. The largest absolute Gasteiger partial charge is 0.369 e. The summed E-state index contributed by atoms with van der Waals surface area (Å²) in [5.41, 5.74) is 0. The number of aromatic nitrogens is 2. The monoisotopic (exact) mass is 262 g/mol. The summed E-state index contributed by atoms with van der Waals surface area (Å²) in [5, 5.41) is 8.05. The number of fused-ring (bicyclic) bond motifs is 1. The van der Waals surface area contributed by atoms with Crippen molar-refractivity contribution in [3.05, 3.63) is 17.3 Å². The van der Waals surface area contributed by atoms with Gasteiger partial charge in [0.25, 0.3) is 0 Å². The lowest BCUT2D eigenvalue weighted by Gasteiger charge is -2.23. The molecule has 1 fully saturated rings. The summed E-state index contributed by atoms with van der Waals surface area (Å²) in [6.45, 7) is 5.41. The van der Waals surface area contributed by atoms with Gasteiger partial charge in [-0.15, -0.1) is 11.3 Å². The molecule has 0 bridgehead atoms. The van der Waals surface area contributed by atoms with Crippen LogP contribution in [0.15, 0.2) is 12.4 Å². The summed E-state index contributed by atoms with van der Waals surface area (Å²) in [4.78, 5) is 11.1. The normalized spacial score (nSPS) is 17.2. The van der Waals surface area contributed by atoms with Crippen LogP contribution >= 0.6 is 11.3 Å². The third-order valence-electron chi connectivity index (χ3n) is 3.47. The molecule has 1 aliphatic heterocycles. The highest BCUT2D eigenvalue weighted by molar-refractivity contribution is 7.18. The van der Waals surface area contributed by atoms with Crippen molar-refractivity contribution in [1.82, 2.24) is 15.3 Å². The lowest BCUT2D eigenvalue weighted by atomic mass is 9.98. The Labute approximate surface area is 111 Å². The highest BCUT2D eigenvalue weighted by atomic mass is 32.1. The van der Waals surface area contributed by atoms with Crippen molar-refractivity contribution in [1.29, 1.82) is 0 Å². The van der Waals surface area contributed by atoms with Gasteiger partial charge in [0.15, 0.2) is 0 Å². The molecule has 0 saturated carbocycles. The van der Waals surface area contributed by atoms with Crippen LogP contribution in [0.5, 0.6) is 0 Å². The second-order valence-corrected chi connectivity index (χ2v) is 6.11. The molecule has 0 aromatic carbocycles. The summed E-state index contributed by atoms with van der Waals surface area (Å²) in [5.74, 6) is 1.75. The van der Waals surface area contributed by atoms with Gasteiger partial charge in [-0.1, -0.05) is 0 Å². The number of thiophene rings is 1. The molecular weight excluding hydrogens is 244 g/mol. The Hall–Kier alpha value is -1.20. The predicted octanol–water partition coefficient (Wildman–Crippen LogP) is 2.41. The number of hydrogen-bond acceptors (Lipinski definition) is 5. The van der Waals surface area contributed by atoms with Crippen molar-refractivity contribution in [3.8, 4) is 0 Å². The Morgan fingerprint density at radius 1 is 1.39 bits per heavy atom. The fraction of sp³-hybridized carbons (Fsp3) is 0.538. The molecule has 2 aromatic heterocycles. The van der Waals surface area contributed by atoms with Gasteiger partial charge in [-0.3, -0.25) is 0 Å². The molecule has 0 atom stereocenters. The first-order valence-electron chi connectivity index (χ1n) is 6.48.